The molecule has 1 unspecified atom stereocenters. The third-order valence-electron chi connectivity index (χ3n) is 5.56. The van der Waals surface area contributed by atoms with Crippen LogP contribution in [0.3, 0.4) is 0 Å². The Morgan fingerprint density at radius 2 is 2.13 bits per heavy atom. The Labute approximate surface area is 174 Å². The first-order valence-corrected chi connectivity index (χ1v) is 10.1. The van der Waals surface area contributed by atoms with Gasteiger partial charge in [0.05, 0.1) is 22.8 Å². The second-order valence-electron chi connectivity index (χ2n) is 7.52. The van der Waals surface area contributed by atoms with Gasteiger partial charge in [0, 0.05) is 31.8 Å². The third-order valence-corrected chi connectivity index (χ3v) is 5.56. The number of anilines is 1. The molecule has 2 aliphatic rings. The number of carbonyl (C=O) groups is 1. The van der Waals surface area contributed by atoms with E-state index in [0.29, 0.717) is 17.8 Å². The number of nitrogens with zero attached hydrogens (tertiary/aromatic N) is 5. The summed E-state index contributed by atoms with van der Waals surface area (Å²) in [5, 5.41) is 11.3. The predicted octanol–water partition coefficient (Wildman–Crippen LogP) is 2.34. The summed E-state index contributed by atoms with van der Waals surface area (Å²) in [6.45, 7) is 6.47. The highest BCUT2D eigenvalue weighted by molar-refractivity contribution is 6.06. The van der Waals surface area contributed by atoms with E-state index in [2.05, 4.69) is 15.6 Å². The summed E-state index contributed by atoms with van der Waals surface area (Å²) >= 11 is 0. The van der Waals surface area contributed by atoms with Crippen molar-refractivity contribution < 1.29 is 9.63 Å². The van der Waals surface area contributed by atoms with Gasteiger partial charge < -0.3 is 10.2 Å². The van der Waals surface area contributed by atoms with Crippen molar-refractivity contribution in [3.05, 3.63) is 51.7 Å². The number of carbonyl (C=O) groups excluding carboxylic acids is 1. The first-order chi connectivity index (χ1) is 14.4. The Hall–Kier alpha value is -3.36. The Bertz CT molecular complexity index is 1140. The molecule has 1 atom stereocenters. The van der Waals surface area contributed by atoms with Crippen molar-refractivity contribution >= 4 is 23.0 Å². The average molecular weight is 410 g/mol. The van der Waals surface area contributed by atoms with E-state index in [0.717, 1.165) is 36.3 Å². The monoisotopic (exact) mass is 410 g/mol. The summed E-state index contributed by atoms with van der Waals surface area (Å²) in [6.07, 6.45) is 9.28. The van der Waals surface area contributed by atoms with Gasteiger partial charge in [-0.15, -0.1) is 0 Å². The number of hydrogen-bond acceptors (Lipinski definition) is 5. The van der Waals surface area contributed by atoms with E-state index in [4.69, 9.17) is 4.84 Å². The zero-order chi connectivity index (χ0) is 21.4. The zero-order valence-electron chi connectivity index (χ0n) is 17.7. The smallest absolute Gasteiger partial charge is 0.295 e. The minimum atomic E-state index is -0.786. The molecule has 0 spiro atoms. The zero-order valence-corrected chi connectivity index (χ0v) is 17.7. The predicted molar refractivity (Wildman–Crippen MR) is 114 cm³/mol. The number of oxime groups is 1. The van der Waals surface area contributed by atoms with E-state index in [9.17, 15) is 9.59 Å². The summed E-state index contributed by atoms with van der Waals surface area (Å²) in [5.41, 5.74) is 3.88. The van der Waals surface area contributed by atoms with Crippen LogP contribution < -0.4 is 10.9 Å². The normalized spacial score (nSPS) is 18.2. The van der Waals surface area contributed by atoms with Crippen LogP contribution in [0.2, 0.25) is 0 Å². The third kappa shape index (κ3) is 3.40. The molecular weight excluding hydrogens is 384 g/mol. The molecule has 158 valence electrons. The maximum absolute atomic E-state index is 13.0. The van der Waals surface area contributed by atoms with E-state index in [1.165, 1.54) is 0 Å². The van der Waals surface area contributed by atoms with Crippen molar-refractivity contribution in [2.45, 2.75) is 52.7 Å². The first kappa shape index (κ1) is 19.9. The molecule has 1 amide bonds. The second kappa shape index (κ2) is 7.81. The van der Waals surface area contributed by atoms with Crippen LogP contribution in [0.5, 0.6) is 0 Å². The van der Waals surface area contributed by atoms with Crippen molar-refractivity contribution in [1.29, 1.82) is 0 Å². The Morgan fingerprint density at radius 1 is 1.33 bits per heavy atom. The van der Waals surface area contributed by atoms with Crippen LogP contribution >= 0.6 is 0 Å². The molecule has 1 aliphatic carbocycles. The molecule has 1 aliphatic heterocycles. The quantitative estimate of drug-likeness (QED) is 0.818. The lowest BCUT2D eigenvalue weighted by atomic mass is 10.1. The molecule has 0 radical (unpaired) electrons. The number of allylic oxidation sites excluding steroid dienone is 4. The molecule has 0 aromatic carbocycles. The first-order valence-electron chi connectivity index (χ1n) is 10.1. The van der Waals surface area contributed by atoms with Crippen LogP contribution in [0.15, 0.2) is 34.4 Å². The molecule has 0 saturated carbocycles. The van der Waals surface area contributed by atoms with Gasteiger partial charge in [-0.25, -0.2) is 4.68 Å². The van der Waals surface area contributed by atoms with Crippen LogP contribution in [-0.2, 0) is 23.2 Å². The van der Waals surface area contributed by atoms with Crippen LogP contribution in [0.25, 0.3) is 5.70 Å². The minimum absolute atomic E-state index is 0.259. The number of amides is 1. The molecule has 2 aromatic heterocycles. The fraction of sp³-hybridized carbons (Fsp3) is 0.429. The number of aromatic nitrogens is 4. The van der Waals surface area contributed by atoms with E-state index < -0.39 is 6.10 Å². The molecule has 2 aromatic rings. The Morgan fingerprint density at radius 3 is 2.80 bits per heavy atom. The standard InChI is InChI=1S/C21H26N6O3/c1-5-26-12-16(13(2)23-26)17-11-18(30-24-17)20(28)22-19-14(3)25(4)27(21(19)29)15-9-7-6-8-10-15/h7,9-10,12,18H,5-6,8,11H2,1-4H3,(H,22,28). The Balaban J connectivity index is 1.51. The maximum atomic E-state index is 13.0. The summed E-state index contributed by atoms with van der Waals surface area (Å²) in [5.74, 6) is -0.389. The minimum Gasteiger partial charge on any atom is -0.382 e. The highest BCUT2D eigenvalue weighted by Crippen LogP contribution is 2.22. The van der Waals surface area contributed by atoms with Gasteiger partial charge in [0.15, 0.2) is 0 Å². The highest BCUT2D eigenvalue weighted by atomic mass is 16.6. The summed E-state index contributed by atoms with van der Waals surface area (Å²) in [4.78, 5) is 31.2. The lowest BCUT2D eigenvalue weighted by Gasteiger charge is -2.11. The molecule has 1 N–H and O–H groups in total. The topological polar surface area (TPSA) is 95.4 Å². The maximum Gasteiger partial charge on any atom is 0.295 e. The molecule has 3 heterocycles. The van der Waals surface area contributed by atoms with Gasteiger partial charge in [-0.1, -0.05) is 17.3 Å². The molecule has 0 bridgehead atoms. The number of aryl methyl sites for hydroxylation is 2. The van der Waals surface area contributed by atoms with E-state index in [1.807, 2.05) is 43.0 Å². The molecule has 0 fully saturated rings. The molecule has 9 heteroatoms. The fourth-order valence-electron chi connectivity index (χ4n) is 3.74. The van der Waals surface area contributed by atoms with Crippen molar-refractivity contribution in [2.75, 3.05) is 5.32 Å². The summed E-state index contributed by atoms with van der Waals surface area (Å²) < 4.78 is 5.14. The van der Waals surface area contributed by atoms with Gasteiger partial charge in [0.1, 0.15) is 5.69 Å². The van der Waals surface area contributed by atoms with Gasteiger partial charge in [0.2, 0.25) is 6.10 Å². The van der Waals surface area contributed by atoms with Crippen LogP contribution in [0, 0.1) is 13.8 Å². The van der Waals surface area contributed by atoms with Crippen molar-refractivity contribution in [3.63, 3.8) is 0 Å². The van der Waals surface area contributed by atoms with Gasteiger partial charge in [-0.05, 0) is 39.7 Å². The lowest BCUT2D eigenvalue weighted by molar-refractivity contribution is -0.125. The molecule has 4 rings (SSSR count). The van der Waals surface area contributed by atoms with Crippen molar-refractivity contribution in [3.8, 4) is 0 Å². The summed E-state index contributed by atoms with van der Waals surface area (Å²) in [6, 6.07) is 0. The fourth-order valence-corrected chi connectivity index (χ4v) is 3.74. The second-order valence-corrected chi connectivity index (χ2v) is 7.52. The molecule has 0 saturated heterocycles. The SMILES string of the molecule is CCn1cc(C2=NOC(C(=O)Nc3c(C)n(C)n(C4=CCCC=C4)c3=O)C2)c(C)n1. The number of nitrogens with one attached hydrogen (secondary N) is 1. The molecule has 9 nitrogen and oxygen atoms in total. The molecule has 30 heavy (non-hydrogen) atoms. The van der Waals surface area contributed by atoms with E-state index in [1.54, 1.807) is 23.3 Å². The largest absolute Gasteiger partial charge is 0.382 e. The van der Waals surface area contributed by atoms with Crippen molar-refractivity contribution in [1.82, 2.24) is 19.1 Å². The summed E-state index contributed by atoms with van der Waals surface area (Å²) in [7, 11) is 1.80. The average Bonchev–Trinajstić information content (AvgIpc) is 3.42. The Kier molecular flexibility index (Phi) is 5.19. The number of rotatable bonds is 5. The van der Waals surface area contributed by atoms with E-state index >= 15 is 0 Å². The van der Waals surface area contributed by atoms with Crippen molar-refractivity contribution in [2.24, 2.45) is 12.2 Å². The van der Waals surface area contributed by atoms with Crippen LogP contribution in [0.4, 0.5) is 5.69 Å². The van der Waals surface area contributed by atoms with Gasteiger partial charge in [0.25, 0.3) is 11.5 Å². The van der Waals surface area contributed by atoms with Gasteiger partial charge in [-0.3, -0.25) is 19.0 Å². The highest BCUT2D eigenvalue weighted by Gasteiger charge is 2.32. The molecular formula is C21H26N6O3. The van der Waals surface area contributed by atoms with Crippen LogP contribution in [0.1, 0.15) is 43.1 Å². The van der Waals surface area contributed by atoms with Gasteiger partial charge in [-0.2, -0.15) is 5.10 Å². The van der Waals surface area contributed by atoms with Gasteiger partial charge >= 0.3 is 0 Å². The van der Waals surface area contributed by atoms with E-state index in [-0.39, 0.29) is 17.2 Å². The number of hydrogen-bond donors (Lipinski definition) is 1. The van der Waals surface area contributed by atoms with Crippen LogP contribution in [-0.4, -0.2) is 36.9 Å². The lowest BCUT2D eigenvalue weighted by Crippen LogP contribution is -2.31.